The lowest BCUT2D eigenvalue weighted by Crippen LogP contribution is -1.92. The molecule has 3 rings (SSSR count). The molecule has 1 heterocycles. The maximum absolute atomic E-state index is 5.56. The first-order valence-electron chi connectivity index (χ1n) is 6.71. The Labute approximate surface area is 123 Å². The lowest BCUT2D eigenvalue weighted by atomic mass is 10.2. The van der Waals surface area contributed by atoms with E-state index in [2.05, 4.69) is 20.8 Å². The van der Waals surface area contributed by atoms with Crippen LogP contribution in [0.4, 0.5) is 23.4 Å². The first kappa shape index (κ1) is 13.2. The zero-order valence-electron chi connectivity index (χ0n) is 11.9. The quantitative estimate of drug-likeness (QED) is 0.750. The second-order valence-corrected chi connectivity index (χ2v) is 4.79. The largest absolute Gasteiger partial charge is 0.389 e. The zero-order chi connectivity index (χ0) is 14.7. The van der Waals surface area contributed by atoms with E-state index in [9.17, 15) is 0 Å². The fourth-order valence-electron chi connectivity index (χ4n) is 1.98. The predicted molar refractivity (Wildman–Crippen MR) is 83.2 cm³/mol. The molecule has 106 valence electrons. The summed E-state index contributed by atoms with van der Waals surface area (Å²) < 4.78 is 5.56. The minimum atomic E-state index is 0.361. The van der Waals surface area contributed by atoms with Gasteiger partial charge in [-0.2, -0.15) is 0 Å². The average Bonchev–Trinajstić information content (AvgIpc) is 2.91. The molecule has 0 saturated heterocycles. The molecule has 0 saturated carbocycles. The van der Waals surface area contributed by atoms with E-state index in [4.69, 9.17) is 4.42 Å². The van der Waals surface area contributed by atoms with Gasteiger partial charge in [0.05, 0.1) is 0 Å². The SMILES string of the molecule is Cc1ccccc1Nc1nnc(Nc2ccccc2C)o1. The van der Waals surface area contributed by atoms with Crippen LogP contribution >= 0.6 is 0 Å². The Kier molecular flexibility index (Phi) is 3.55. The van der Waals surface area contributed by atoms with Gasteiger partial charge in [0.15, 0.2) is 0 Å². The topological polar surface area (TPSA) is 63.0 Å². The lowest BCUT2D eigenvalue weighted by molar-refractivity contribution is 0.590. The van der Waals surface area contributed by atoms with Crippen molar-refractivity contribution in [2.75, 3.05) is 10.6 Å². The number of nitrogens with one attached hydrogen (secondary N) is 2. The number of hydrogen-bond acceptors (Lipinski definition) is 5. The number of aromatic nitrogens is 2. The van der Waals surface area contributed by atoms with Crippen LogP contribution < -0.4 is 10.6 Å². The summed E-state index contributed by atoms with van der Waals surface area (Å²) in [6, 6.07) is 16.6. The number of rotatable bonds is 4. The Hall–Kier alpha value is -2.82. The van der Waals surface area contributed by atoms with E-state index in [0.717, 1.165) is 22.5 Å². The molecular formula is C16H16N4O. The van der Waals surface area contributed by atoms with E-state index >= 15 is 0 Å². The van der Waals surface area contributed by atoms with E-state index < -0.39 is 0 Å². The van der Waals surface area contributed by atoms with E-state index in [1.165, 1.54) is 0 Å². The van der Waals surface area contributed by atoms with Gasteiger partial charge in [-0.05, 0) is 37.1 Å². The first-order valence-corrected chi connectivity index (χ1v) is 6.71. The van der Waals surface area contributed by atoms with Gasteiger partial charge in [-0.1, -0.05) is 46.6 Å². The normalized spacial score (nSPS) is 10.4. The summed E-state index contributed by atoms with van der Waals surface area (Å²) in [6.07, 6.45) is 0. The first-order chi connectivity index (χ1) is 10.2. The lowest BCUT2D eigenvalue weighted by Gasteiger charge is -2.05. The van der Waals surface area contributed by atoms with E-state index in [1.807, 2.05) is 62.4 Å². The molecule has 0 bridgehead atoms. The molecule has 0 unspecified atom stereocenters. The van der Waals surface area contributed by atoms with Crippen molar-refractivity contribution in [2.24, 2.45) is 0 Å². The molecule has 0 radical (unpaired) electrons. The van der Waals surface area contributed by atoms with Crippen LogP contribution in [0.25, 0.3) is 0 Å². The third-order valence-electron chi connectivity index (χ3n) is 3.20. The fraction of sp³-hybridized carbons (Fsp3) is 0.125. The number of anilines is 4. The minimum Gasteiger partial charge on any atom is -0.389 e. The van der Waals surface area contributed by atoms with Crippen molar-refractivity contribution >= 4 is 23.4 Å². The number of benzene rings is 2. The maximum atomic E-state index is 5.56. The number of para-hydroxylation sites is 2. The molecule has 5 heteroatoms. The number of aryl methyl sites for hydroxylation is 2. The molecule has 0 aliphatic heterocycles. The zero-order valence-corrected chi connectivity index (χ0v) is 11.9. The summed E-state index contributed by atoms with van der Waals surface area (Å²) in [6.45, 7) is 4.04. The molecule has 1 aromatic heterocycles. The van der Waals surface area contributed by atoms with Crippen LogP contribution in [0.5, 0.6) is 0 Å². The van der Waals surface area contributed by atoms with Crippen molar-refractivity contribution in [1.29, 1.82) is 0 Å². The third-order valence-corrected chi connectivity index (χ3v) is 3.20. The van der Waals surface area contributed by atoms with Crippen LogP contribution in [0.1, 0.15) is 11.1 Å². The molecule has 21 heavy (non-hydrogen) atoms. The van der Waals surface area contributed by atoms with Gasteiger partial charge in [-0.15, -0.1) is 0 Å². The second kappa shape index (κ2) is 5.66. The summed E-state index contributed by atoms with van der Waals surface area (Å²) in [7, 11) is 0. The second-order valence-electron chi connectivity index (χ2n) is 4.79. The molecule has 0 spiro atoms. The smallest absolute Gasteiger partial charge is 0.321 e. The Bertz CT molecular complexity index is 689. The van der Waals surface area contributed by atoms with E-state index in [-0.39, 0.29) is 0 Å². The highest BCUT2D eigenvalue weighted by atomic mass is 16.4. The highest BCUT2D eigenvalue weighted by Gasteiger charge is 2.08. The van der Waals surface area contributed by atoms with Gasteiger partial charge >= 0.3 is 12.0 Å². The van der Waals surface area contributed by atoms with Gasteiger partial charge in [-0.25, -0.2) is 0 Å². The van der Waals surface area contributed by atoms with Gasteiger partial charge < -0.3 is 15.1 Å². The molecule has 0 fully saturated rings. The monoisotopic (exact) mass is 280 g/mol. The van der Waals surface area contributed by atoms with Crippen molar-refractivity contribution in [3.05, 3.63) is 59.7 Å². The molecular weight excluding hydrogens is 264 g/mol. The maximum Gasteiger partial charge on any atom is 0.321 e. The van der Waals surface area contributed by atoms with Crippen LogP contribution in [-0.4, -0.2) is 10.2 Å². The van der Waals surface area contributed by atoms with Gasteiger partial charge in [0.2, 0.25) is 0 Å². The van der Waals surface area contributed by atoms with E-state index in [0.29, 0.717) is 12.0 Å². The fourth-order valence-corrected chi connectivity index (χ4v) is 1.98. The van der Waals surface area contributed by atoms with Crippen LogP contribution in [0.15, 0.2) is 52.9 Å². The predicted octanol–water partition coefficient (Wildman–Crippen LogP) is 4.17. The van der Waals surface area contributed by atoms with Gasteiger partial charge in [0.25, 0.3) is 0 Å². The van der Waals surface area contributed by atoms with Gasteiger partial charge in [0.1, 0.15) is 0 Å². The van der Waals surface area contributed by atoms with Gasteiger partial charge in [-0.3, -0.25) is 0 Å². The highest BCUT2D eigenvalue weighted by Crippen LogP contribution is 2.23. The standard InChI is InChI=1S/C16H16N4O/c1-11-7-3-5-9-13(11)17-15-19-20-16(21-15)18-14-10-6-4-8-12(14)2/h3-10H,1-2H3,(H,17,19)(H,18,20). The summed E-state index contributed by atoms with van der Waals surface area (Å²) in [5, 5.41) is 14.2. The average molecular weight is 280 g/mol. The Morgan fingerprint density at radius 1 is 0.714 bits per heavy atom. The Morgan fingerprint density at radius 2 is 1.14 bits per heavy atom. The highest BCUT2D eigenvalue weighted by molar-refractivity contribution is 5.59. The van der Waals surface area contributed by atoms with Crippen molar-refractivity contribution in [2.45, 2.75) is 13.8 Å². The molecule has 0 aliphatic rings. The van der Waals surface area contributed by atoms with Crippen LogP contribution in [0, 0.1) is 13.8 Å². The van der Waals surface area contributed by atoms with Crippen molar-refractivity contribution < 1.29 is 4.42 Å². The minimum absolute atomic E-state index is 0.361. The van der Waals surface area contributed by atoms with Crippen LogP contribution in [0.2, 0.25) is 0 Å². The third kappa shape index (κ3) is 3.02. The summed E-state index contributed by atoms with van der Waals surface area (Å²) in [5.74, 6) is 0. The molecule has 0 amide bonds. The van der Waals surface area contributed by atoms with Gasteiger partial charge in [0, 0.05) is 11.4 Å². The van der Waals surface area contributed by atoms with Crippen LogP contribution in [0.3, 0.4) is 0 Å². The van der Waals surface area contributed by atoms with Crippen LogP contribution in [-0.2, 0) is 0 Å². The Morgan fingerprint density at radius 3 is 1.57 bits per heavy atom. The van der Waals surface area contributed by atoms with Crippen molar-refractivity contribution in [1.82, 2.24) is 10.2 Å². The van der Waals surface area contributed by atoms with Crippen molar-refractivity contribution in [3.63, 3.8) is 0 Å². The molecule has 3 aromatic rings. The summed E-state index contributed by atoms with van der Waals surface area (Å²) >= 11 is 0. The Balaban J connectivity index is 1.75. The molecule has 0 atom stereocenters. The number of nitrogens with zero attached hydrogens (tertiary/aromatic N) is 2. The summed E-state index contributed by atoms with van der Waals surface area (Å²) in [4.78, 5) is 0. The summed E-state index contributed by atoms with van der Waals surface area (Å²) in [5.41, 5.74) is 4.13. The molecule has 2 aromatic carbocycles. The molecule has 2 N–H and O–H groups in total. The van der Waals surface area contributed by atoms with Crippen molar-refractivity contribution in [3.8, 4) is 0 Å². The molecule has 0 aliphatic carbocycles. The molecule has 5 nitrogen and oxygen atoms in total. The number of hydrogen-bond donors (Lipinski definition) is 2. The van der Waals surface area contributed by atoms with E-state index in [1.54, 1.807) is 0 Å².